The van der Waals surface area contributed by atoms with Gasteiger partial charge in [-0.2, -0.15) is 0 Å². The van der Waals surface area contributed by atoms with Crippen LogP contribution < -0.4 is 9.47 Å². The van der Waals surface area contributed by atoms with Crippen LogP contribution in [-0.2, 0) is 9.59 Å². The molecule has 1 aliphatic rings. The Bertz CT molecular complexity index is 719. The minimum atomic E-state index is -0.424. The highest BCUT2D eigenvalue weighted by molar-refractivity contribution is 7.80. The van der Waals surface area contributed by atoms with E-state index >= 15 is 0 Å². The molecule has 0 radical (unpaired) electrons. The first-order valence-electron chi connectivity index (χ1n) is 7.96. The second kappa shape index (κ2) is 7.65. The third-order valence-electron chi connectivity index (χ3n) is 4.05. The summed E-state index contributed by atoms with van der Waals surface area (Å²) in [5, 5.41) is 0.182. The van der Waals surface area contributed by atoms with E-state index in [4.69, 9.17) is 21.7 Å². The Hall–Kier alpha value is -2.41. The second-order valence-corrected chi connectivity index (χ2v) is 6.18. The minimum Gasteiger partial charge on any atom is -0.493 e. The van der Waals surface area contributed by atoms with Crippen LogP contribution in [-0.4, -0.2) is 54.0 Å². The zero-order chi connectivity index (χ0) is 18.7. The van der Waals surface area contributed by atoms with Crippen molar-refractivity contribution in [3.63, 3.8) is 0 Å². The predicted molar refractivity (Wildman–Crippen MR) is 99.5 cm³/mol. The van der Waals surface area contributed by atoms with Gasteiger partial charge >= 0.3 is 0 Å². The minimum absolute atomic E-state index is 0.0521. The van der Waals surface area contributed by atoms with Crippen molar-refractivity contribution in [2.75, 3.05) is 21.2 Å². The molecular formula is C18H22N2O4S. The van der Waals surface area contributed by atoms with E-state index in [-0.39, 0.29) is 16.8 Å². The van der Waals surface area contributed by atoms with E-state index in [0.29, 0.717) is 17.1 Å². The van der Waals surface area contributed by atoms with Crippen LogP contribution in [0.2, 0.25) is 0 Å². The number of hydrogen-bond donors (Lipinski definition) is 0. The van der Waals surface area contributed by atoms with Crippen molar-refractivity contribution in [3.05, 3.63) is 29.3 Å². The highest BCUT2D eigenvalue weighted by Gasteiger charge is 2.35. The summed E-state index contributed by atoms with van der Waals surface area (Å²) in [7, 11) is 4.64. The van der Waals surface area contributed by atoms with Crippen LogP contribution in [0.4, 0.5) is 0 Å². The summed E-state index contributed by atoms with van der Waals surface area (Å²) >= 11 is 5.08. The quantitative estimate of drug-likeness (QED) is 0.458. The lowest BCUT2D eigenvalue weighted by atomic mass is 10.1. The molecule has 0 saturated carbocycles. The number of rotatable bonds is 5. The third kappa shape index (κ3) is 3.82. The van der Waals surface area contributed by atoms with E-state index in [2.05, 4.69) is 0 Å². The molecule has 1 fully saturated rings. The fraction of sp³-hybridized carbons (Fsp3) is 0.389. The Kier molecular flexibility index (Phi) is 5.79. The number of carbonyl (C=O) groups is 2. The fourth-order valence-corrected chi connectivity index (χ4v) is 2.48. The maximum absolute atomic E-state index is 12.4. The van der Waals surface area contributed by atoms with Crippen molar-refractivity contribution < 1.29 is 19.1 Å². The topological polar surface area (TPSA) is 59.1 Å². The molecule has 0 aliphatic carbocycles. The molecule has 0 spiro atoms. The molecule has 134 valence electrons. The number of methoxy groups -OCH3 is 1. The lowest BCUT2D eigenvalue weighted by Crippen LogP contribution is -2.52. The summed E-state index contributed by atoms with van der Waals surface area (Å²) in [5.74, 6) is 0.317. The van der Waals surface area contributed by atoms with Crippen LogP contribution in [0, 0.1) is 0 Å². The molecule has 1 aromatic carbocycles. The highest BCUT2D eigenvalue weighted by Crippen LogP contribution is 2.30. The van der Waals surface area contributed by atoms with Crippen LogP contribution in [0.5, 0.6) is 11.5 Å². The largest absolute Gasteiger partial charge is 0.493 e. The lowest BCUT2D eigenvalue weighted by molar-refractivity contribution is -0.132. The molecule has 2 rings (SSSR count). The van der Waals surface area contributed by atoms with Gasteiger partial charge in [-0.3, -0.25) is 19.4 Å². The van der Waals surface area contributed by atoms with E-state index < -0.39 is 11.8 Å². The van der Waals surface area contributed by atoms with Crippen LogP contribution >= 0.6 is 12.2 Å². The number of nitrogens with zero attached hydrogens (tertiary/aromatic N) is 2. The molecule has 0 aromatic heterocycles. The summed E-state index contributed by atoms with van der Waals surface area (Å²) in [6.07, 6.45) is 2.47. The molecule has 6 nitrogen and oxygen atoms in total. The SMILES string of the molecule is CCC(C)Oc1ccc(C=C2C(=O)N(C)C(=S)N(C)C2=O)cc1OC. The first kappa shape index (κ1) is 18.9. The Morgan fingerprint density at radius 3 is 2.28 bits per heavy atom. The Labute approximate surface area is 153 Å². The third-order valence-corrected chi connectivity index (χ3v) is 4.59. The van der Waals surface area contributed by atoms with E-state index in [9.17, 15) is 9.59 Å². The molecule has 1 unspecified atom stereocenters. The molecule has 1 aliphatic heterocycles. The monoisotopic (exact) mass is 362 g/mol. The van der Waals surface area contributed by atoms with Gasteiger partial charge in [-0.15, -0.1) is 0 Å². The Balaban J connectivity index is 2.38. The molecule has 1 saturated heterocycles. The molecular weight excluding hydrogens is 340 g/mol. The zero-order valence-corrected chi connectivity index (χ0v) is 15.8. The van der Waals surface area contributed by atoms with E-state index in [1.54, 1.807) is 39.4 Å². The van der Waals surface area contributed by atoms with Gasteiger partial charge in [0.05, 0.1) is 13.2 Å². The van der Waals surface area contributed by atoms with E-state index in [1.807, 2.05) is 13.8 Å². The molecule has 1 aromatic rings. The van der Waals surface area contributed by atoms with Crippen molar-refractivity contribution in [3.8, 4) is 11.5 Å². The van der Waals surface area contributed by atoms with E-state index in [1.165, 1.54) is 15.9 Å². The molecule has 25 heavy (non-hydrogen) atoms. The number of thiocarbonyl (C=S) groups is 1. The van der Waals surface area contributed by atoms with Gasteiger partial charge in [-0.25, -0.2) is 0 Å². The van der Waals surface area contributed by atoms with Crippen LogP contribution in [0.1, 0.15) is 25.8 Å². The lowest BCUT2D eigenvalue weighted by Gasteiger charge is -2.31. The van der Waals surface area contributed by atoms with Gasteiger partial charge < -0.3 is 9.47 Å². The Morgan fingerprint density at radius 1 is 1.16 bits per heavy atom. The van der Waals surface area contributed by atoms with Gasteiger partial charge in [0.1, 0.15) is 5.57 Å². The molecule has 7 heteroatoms. The average molecular weight is 362 g/mol. The van der Waals surface area contributed by atoms with Gasteiger partial charge in [-0.1, -0.05) is 13.0 Å². The summed E-state index contributed by atoms with van der Waals surface area (Å²) in [6.45, 7) is 4.01. The predicted octanol–water partition coefficient (Wildman–Crippen LogP) is 2.47. The van der Waals surface area contributed by atoms with E-state index in [0.717, 1.165) is 6.42 Å². The summed E-state index contributed by atoms with van der Waals surface area (Å²) in [6, 6.07) is 5.28. The summed E-state index contributed by atoms with van der Waals surface area (Å²) < 4.78 is 11.2. The number of likely N-dealkylation sites (N-methyl/N-ethyl adjacent to an activating group) is 2. The van der Waals surface area contributed by atoms with Crippen LogP contribution in [0.25, 0.3) is 6.08 Å². The standard InChI is InChI=1S/C18H22N2O4S/c1-6-11(2)24-14-8-7-12(10-15(14)23-5)9-13-16(21)19(3)18(25)20(4)17(13)22/h7-11H,6H2,1-5H3. The maximum Gasteiger partial charge on any atom is 0.265 e. The van der Waals surface area contributed by atoms with Crippen LogP contribution in [0.3, 0.4) is 0 Å². The normalized spacial score (nSPS) is 16.2. The number of hydrogen-bond acceptors (Lipinski definition) is 5. The van der Waals surface area contributed by atoms with Crippen molar-refractivity contribution >= 4 is 35.2 Å². The van der Waals surface area contributed by atoms with Crippen molar-refractivity contribution in [2.45, 2.75) is 26.4 Å². The van der Waals surface area contributed by atoms with Gasteiger partial charge in [0.2, 0.25) is 0 Å². The second-order valence-electron chi connectivity index (χ2n) is 5.82. The zero-order valence-electron chi connectivity index (χ0n) is 15.0. The number of amides is 2. The number of benzene rings is 1. The van der Waals surface area contributed by atoms with Gasteiger partial charge in [-0.05, 0) is 49.3 Å². The summed E-state index contributed by atoms with van der Waals surface area (Å²) in [5.41, 5.74) is 0.718. The highest BCUT2D eigenvalue weighted by atomic mass is 32.1. The summed E-state index contributed by atoms with van der Waals surface area (Å²) in [4.78, 5) is 27.3. The maximum atomic E-state index is 12.4. The van der Waals surface area contributed by atoms with Gasteiger partial charge in [0.15, 0.2) is 16.6 Å². The number of carbonyl (C=O) groups excluding carboxylic acids is 2. The smallest absolute Gasteiger partial charge is 0.265 e. The molecule has 1 heterocycles. The molecule has 0 N–H and O–H groups in total. The van der Waals surface area contributed by atoms with Crippen LogP contribution in [0.15, 0.2) is 23.8 Å². The van der Waals surface area contributed by atoms with Crippen molar-refractivity contribution in [1.29, 1.82) is 0 Å². The average Bonchev–Trinajstić information content (AvgIpc) is 2.62. The fourth-order valence-electron chi connectivity index (χ4n) is 2.31. The van der Waals surface area contributed by atoms with Gasteiger partial charge in [0, 0.05) is 14.1 Å². The molecule has 1 atom stereocenters. The Morgan fingerprint density at radius 2 is 1.76 bits per heavy atom. The van der Waals surface area contributed by atoms with Crippen molar-refractivity contribution in [1.82, 2.24) is 9.80 Å². The molecule has 2 amide bonds. The first-order chi connectivity index (χ1) is 11.8. The van der Waals surface area contributed by atoms with Gasteiger partial charge in [0.25, 0.3) is 11.8 Å². The molecule has 0 bridgehead atoms. The number of ether oxygens (including phenoxy) is 2. The first-order valence-corrected chi connectivity index (χ1v) is 8.37. The van der Waals surface area contributed by atoms with Crippen molar-refractivity contribution in [2.24, 2.45) is 0 Å².